The lowest BCUT2D eigenvalue weighted by atomic mass is 9.82. The molecule has 1 aromatic heterocycles. The van der Waals surface area contributed by atoms with E-state index in [0.29, 0.717) is 11.8 Å². The number of anilines is 1. The van der Waals surface area contributed by atoms with Gasteiger partial charge in [0.1, 0.15) is 11.6 Å². The third-order valence-corrected chi connectivity index (χ3v) is 5.29. The number of rotatable bonds is 4. The molecule has 1 heterocycles. The Balaban J connectivity index is 1.93. The Labute approximate surface area is 130 Å². The molecule has 0 radical (unpaired) electrons. The summed E-state index contributed by atoms with van der Waals surface area (Å²) in [7, 11) is 0. The maximum Gasteiger partial charge on any atom is 0.144 e. The number of halogens is 1. The zero-order chi connectivity index (χ0) is 14.1. The molecule has 2 atom stereocenters. The normalized spacial score (nSPS) is 26.6. The molecular formula is C16H24BrN3. The molecule has 2 saturated carbocycles. The van der Waals surface area contributed by atoms with Crippen molar-refractivity contribution in [2.45, 2.75) is 64.2 Å². The highest BCUT2D eigenvalue weighted by Crippen LogP contribution is 2.45. The molecule has 2 fully saturated rings. The number of hydrogen-bond acceptors (Lipinski definition) is 3. The van der Waals surface area contributed by atoms with E-state index in [4.69, 9.17) is 9.97 Å². The van der Waals surface area contributed by atoms with Gasteiger partial charge in [-0.05, 0) is 54.5 Å². The Morgan fingerprint density at radius 1 is 1.15 bits per heavy atom. The zero-order valence-corrected chi connectivity index (χ0v) is 14.0. The summed E-state index contributed by atoms with van der Waals surface area (Å²) < 4.78 is 1.09. The molecule has 0 aliphatic heterocycles. The number of hydrogen-bond donors (Lipinski definition) is 1. The van der Waals surface area contributed by atoms with Crippen LogP contribution in [0.4, 0.5) is 5.82 Å². The first kappa shape index (κ1) is 14.3. The molecule has 0 spiro atoms. The average Bonchev–Trinajstić information content (AvgIpc) is 3.26. The Bertz CT molecular complexity index is 485. The first-order chi connectivity index (χ1) is 9.69. The van der Waals surface area contributed by atoms with Crippen LogP contribution in [0.3, 0.4) is 0 Å². The van der Waals surface area contributed by atoms with E-state index >= 15 is 0 Å². The molecule has 2 unspecified atom stereocenters. The zero-order valence-electron chi connectivity index (χ0n) is 12.5. The maximum absolute atomic E-state index is 4.94. The van der Waals surface area contributed by atoms with Crippen molar-refractivity contribution in [3.8, 4) is 0 Å². The van der Waals surface area contributed by atoms with Gasteiger partial charge in [-0.15, -0.1) is 0 Å². The molecular weight excluding hydrogens is 314 g/mol. The third-order valence-electron chi connectivity index (χ3n) is 4.50. The van der Waals surface area contributed by atoms with Gasteiger partial charge in [0.2, 0.25) is 0 Å². The molecule has 3 nitrogen and oxygen atoms in total. The maximum atomic E-state index is 4.94. The second kappa shape index (κ2) is 6.00. The highest BCUT2D eigenvalue weighted by atomic mass is 79.9. The van der Waals surface area contributed by atoms with Crippen LogP contribution in [-0.4, -0.2) is 16.5 Å². The van der Waals surface area contributed by atoms with E-state index in [-0.39, 0.29) is 0 Å². The predicted molar refractivity (Wildman–Crippen MR) is 86.2 cm³/mol. The summed E-state index contributed by atoms with van der Waals surface area (Å²) in [6, 6.07) is 0. The van der Waals surface area contributed by atoms with E-state index in [2.05, 4.69) is 35.1 Å². The van der Waals surface area contributed by atoms with Crippen LogP contribution >= 0.6 is 15.9 Å². The van der Waals surface area contributed by atoms with Gasteiger partial charge in [0, 0.05) is 18.4 Å². The van der Waals surface area contributed by atoms with Gasteiger partial charge in [-0.25, -0.2) is 9.97 Å². The van der Waals surface area contributed by atoms with E-state index in [1.165, 1.54) is 44.2 Å². The topological polar surface area (TPSA) is 37.8 Å². The van der Waals surface area contributed by atoms with Crippen molar-refractivity contribution >= 4 is 21.7 Å². The summed E-state index contributed by atoms with van der Waals surface area (Å²) in [4.78, 5) is 9.76. The van der Waals surface area contributed by atoms with Crippen LogP contribution < -0.4 is 5.32 Å². The second-order valence-corrected chi connectivity index (χ2v) is 7.20. The van der Waals surface area contributed by atoms with Crippen molar-refractivity contribution < 1.29 is 0 Å². The SMILES string of the molecule is CCNc1nc(C2CCCC(C)C2)nc(C2CC2)c1Br. The van der Waals surface area contributed by atoms with Gasteiger partial charge in [0.15, 0.2) is 0 Å². The predicted octanol–water partition coefficient (Wildman–Crippen LogP) is 4.84. The van der Waals surface area contributed by atoms with E-state index in [9.17, 15) is 0 Å². The van der Waals surface area contributed by atoms with Crippen molar-refractivity contribution in [1.29, 1.82) is 0 Å². The van der Waals surface area contributed by atoms with Crippen molar-refractivity contribution in [2.75, 3.05) is 11.9 Å². The molecule has 0 saturated heterocycles. The van der Waals surface area contributed by atoms with Crippen LogP contribution in [0.2, 0.25) is 0 Å². The smallest absolute Gasteiger partial charge is 0.144 e. The minimum absolute atomic E-state index is 0.557. The fourth-order valence-corrected chi connectivity index (χ4v) is 3.89. The van der Waals surface area contributed by atoms with Gasteiger partial charge >= 0.3 is 0 Å². The first-order valence-corrected chi connectivity index (χ1v) is 8.79. The largest absolute Gasteiger partial charge is 0.369 e. The highest BCUT2D eigenvalue weighted by molar-refractivity contribution is 9.10. The minimum atomic E-state index is 0.557. The molecule has 1 N–H and O–H groups in total. The summed E-state index contributed by atoms with van der Waals surface area (Å²) in [5, 5.41) is 3.39. The molecule has 2 aliphatic rings. The lowest BCUT2D eigenvalue weighted by Crippen LogP contribution is -2.16. The average molecular weight is 338 g/mol. The standard InChI is InChI=1S/C16H24BrN3/c1-3-18-16-13(17)14(11-7-8-11)19-15(20-16)12-6-4-5-10(2)9-12/h10-12H,3-9H2,1-2H3,(H,18,19,20). The summed E-state index contributed by atoms with van der Waals surface area (Å²) in [6.07, 6.45) is 7.74. The summed E-state index contributed by atoms with van der Waals surface area (Å²) in [5.74, 6) is 4.11. The van der Waals surface area contributed by atoms with Crippen LogP contribution in [0, 0.1) is 5.92 Å². The van der Waals surface area contributed by atoms with Crippen molar-refractivity contribution in [3.63, 3.8) is 0 Å². The van der Waals surface area contributed by atoms with Gasteiger partial charge in [0.05, 0.1) is 10.2 Å². The number of aromatic nitrogens is 2. The third kappa shape index (κ3) is 3.00. The van der Waals surface area contributed by atoms with Gasteiger partial charge in [-0.1, -0.05) is 19.8 Å². The molecule has 0 amide bonds. The highest BCUT2D eigenvalue weighted by Gasteiger charge is 2.31. The van der Waals surface area contributed by atoms with E-state index in [1.54, 1.807) is 0 Å². The Morgan fingerprint density at radius 3 is 2.60 bits per heavy atom. The molecule has 1 aromatic rings. The molecule has 0 aromatic carbocycles. The first-order valence-electron chi connectivity index (χ1n) is 8.00. The van der Waals surface area contributed by atoms with Gasteiger partial charge < -0.3 is 5.32 Å². The molecule has 2 aliphatic carbocycles. The fourth-order valence-electron chi connectivity index (χ4n) is 3.25. The molecule has 20 heavy (non-hydrogen) atoms. The Hall–Kier alpha value is -0.640. The van der Waals surface area contributed by atoms with Crippen LogP contribution in [0.1, 0.15) is 75.7 Å². The Kier molecular flexibility index (Phi) is 4.29. The molecule has 110 valence electrons. The van der Waals surface area contributed by atoms with Crippen molar-refractivity contribution in [3.05, 3.63) is 16.0 Å². The quantitative estimate of drug-likeness (QED) is 0.853. The van der Waals surface area contributed by atoms with Crippen LogP contribution in [0.5, 0.6) is 0 Å². The van der Waals surface area contributed by atoms with Crippen molar-refractivity contribution in [1.82, 2.24) is 9.97 Å². The van der Waals surface area contributed by atoms with Crippen LogP contribution in [0.15, 0.2) is 4.47 Å². The second-order valence-electron chi connectivity index (χ2n) is 6.40. The monoisotopic (exact) mass is 337 g/mol. The minimum Gasteiger partial charge on any atom is -0.369 e. The molecule has 3 rings (SSSR count). The molecule has 4 heteroatoms. The van der Waals surface area contributed by atoms with Gasteiger partial charge in [-0.2, -0.15) is 0 Å². The fraction of sp³-hybridized carbons (Fsp3) is 0.750. The van der Waals surface area contributed by atoms with E-state index in [1.807, 2.05) is 0 Å². The van der Waals surface area contributed by atoms with Gasteiger partial charge in [0.25, 0.3) is 0 Å². The number of nitrogens with one attached hydrogen (secondary N) is 1. The Morgan fingerprint density at radius 2 is 1.95 bits per heavy atom. The van der Waals surface area contributed by atoms with Crippen LogP contribution in [-0.2, 0) is 0 Å². The van der Waals surface area contributed by atoms with Crippen molar-refractivity contribution in [2.24, 2.45) is 5.92 Å². The van der Waals surface area contributed by atoms with E-state index in [0.717, 1.165) is 28.6 Å². The summed E-state index contributed by atoms with van der Waals surface area (Å²) in [5.41, 5.74) is 1.24. The number of nitrogens with zero attached hydrogens (tertiary/aromatic N) is 2. The molecule has 0 bridgehead atoms. The lowest BCUT2D eigenvalue weighted by molar-refractivity contribution is 0.335. The lowest BCUT2D eigenvalue weighted by Gasteiger charge is -2.26. The van der Waals surface area contributed by atoms with Crippen LogP contribution in [0.25, 0.3) is 0 Å². The van der Waals surface area contributed by atoms with E-state index < -0.39 is 0 Å². The summed E-state index contributed by atoms with van der Waals surface area (Å²) in [6.45, 7) is 5.38. The van der Waals surface area contributed by atoms with Gasteiger partial charge in [-0.3, -0.25) is 0 Å². The summed E-state index contributed by atoms with van der Waals surface area (Å²) >= 11 is 3.71.